The molecule has 23 heavy (non-hydrogen) atoms. The molecule has 1 aliphatic rings. The van der Waals surface area contributed by atoms with Crippen LogP contribution >= 0.6 is 0 Å². The number of hydrogen-bond acceptors (Lipinski definition) is 3. The first-order valence-electron chi connectivity index (χ1n) is 8.46. The molecule has 3 heteroatoms. The Kier molecular flexibility index (Phi) is 4.97. The van der Waals surface area contributed by atoms with Gasteiger partial charge in [-0.15, -0.1) is 0 Å². The van der Waals surface area contributed by atoms with E-state index in [9.17, 15) is 0 Å². The Labute approximate surface area is 139 Å². The van der Waals surface area contributed by atoms with Crippen molar-refractivity contribution in [2.75, 3.05) is 20.1 Å². The van der Waals surface area contributed by atoms with Crippen molar-refractivity contribution in [2.45, 2.75) is 38.7 Å². The lowest BCUT2D eigenvalue weighted by Crippen LogP contribution is -2.35. The summed E-state index contributed by atoms with van der Waals surface area (Å²) in [5, 5.41) is 0. The van der Waals surface area contributed by atoms with Gasteiger partial charge in [-0.1, -0.05) is 19.9 Å². The molecule has 1 aliphatic heterocycles. The molecule has 1 radical (unpaired) electrons. The standard InChI is InChI=1S/C20H25N2O/c1-15(2)19-14-17(23-16-9-12-22(3)13-10-16)7-8-18(19)20-6-4-5-11-21-20/h4-8,14-16H,9-10,12-13H2,1-3H3. The van der Waals surface area contributed by atoms with Crippen LogP contribution in [-0.2, 0) is 0 Å². The van der Waals surface area contributed by atoms with Gasteiger partial charge in [0.25, 0.3) is 0 Å². The summed E-state index contributed by atoms with van der Waals surface area (Å²) >= 11 is 0. The van der Waals surface area contributed by atoms with E-state index in [0.29, 0.717) is 12.0 Å². The molecule has 3 nitrogen and oxygen atoms in total. The average Bonchev–Trinajstić information content (AvgIpc) is 2.57. The predicted molar refractivity (Wildman–Crippen MR) is 93.7 cm³/mol. The maximum atomic E-state index is 6.23. The van der Waals surface area contributed by atoms with Gasteiger partial charge in [0, 0.05) is 18.7 Å². The molecule has 121 valence electrons. The normalized spacial score (nSPS) is 16.7. The highest BCUT2D eigenvalue weighted by Crippen LogP contribution is 2.32. The summed E-state index contributed by atoms with van der Waals surface area (Å²) in [4.78, 5) is 6.74. The van der Waals surface area contributed by atoms with E-state index in [0.717, 1.165) is 37.4 Å². The van der Waals surface area contributed by atoms with E-state index < -0.39 is 0 Å². The van der Waals surface area contributed by atoms with Crippen molar-refractivity contribution in [3.8, 4) is 17.0 Å². The van der Waals surface area contributed by atoms with Gasteiger partial charge in [-0.05, 0) is 61.7 Å². The van der Waals surface area contributed by atoms with Gasteiger partial charge in [0.1, 0.15) is 11.9 Å². The number of rotatable bonds is 4. The minimum Gasteiger partial charge on any atom is -0.490 e. The summed E-state index contributed by atoms with van der Waals surface area (Å²) in [6, 6.07) is 12.2. The maximum absolute atomic E-state index is 6.23. The number of ether oxygens (including phenoxy) is 1. The molecule has 0 bridgehead atoms. The van der Waals surface area contributed by atoms with Crippen LogP contribution in [-0.4, -0.2) is 36.1 Å². The SMILES string of the molecule is CC(C)c1cc(OC2CCN(C)CC2)ccc1-c1ccc[c]n1. The smallest absolute Gasteiger partial charge is 0.120 e. The molecule has 1 aromatic carbocycles. The van der Waals surface area contributed by atoms with Gasteiger partial charge >= 0.3 is 0 Å². The molecule has 0 aliphatic carbocycles. The van der Waals surface area contributed by atoms with Crippen LogP contribution < -0.4 is 4.74 Å². The molecule has 0 spiro atoms. The van der Waals surface area contributed by atoms with Crippen LogP contribution in [0, 0.1) is 6.20 Å². The molecule has 0 atom stereocenters. The largest absolute Gasteiger partial charge is 0.490 e. The maximum Gasteiger partial charge on any atom is 0.120 e. The third-order valence-electron chi connectivity index (χ3n) is 4.50. The van der Waals surface area contributed by atoms with Gasteiger partial charge in [-0.25, -0.2) is 4.98 Å². The lowest BCUT2D eigenvalue weighted by Gasteiger charge is -2.29. The molecule has 0 saturated carbocycles. The first kappa shape index (κ1) is 16.0. The fraction of sp³-hybridized carbons (Fsp3) is 0.450. The minimum atomic E-state index is 0.334. The third-order valence-corrected chi connectivity index (χ3v) is 4.50. The first-order chi connectivity index (χ1) is 11.1. The summed E-state index contributed by atoms with van der Waals surface area (Å²) < 4.78 is 6.23. The van der Waals surface area contributed by atoms with Gasteiger partial charge in [0.15, 0.2) is 0 Å². The van der Waals surface area contributed by atoms with E-state index in [1.165, 1.54) is 11.1 Å². The second-order valence-electron chi connectivity index (χ2n) is 6.68. The van der Waals surface area contributed by atoms with Gasteiger partial charge in [0.2, 0.25) is 0 Å². The highest BCUT2D eigenvalue weighted by molar-refractivity contribution is 5.65. The van der Waals surface area contributed by atoms with Crippen molar-refractivity contribution in [3.63, 3.8) is 0 Å². The van der Waals surface area contributed by atoms with Crippen LogP contribution in [0.25, 0.3) is 11.3 Å². The van der Waals surface area contributed by atoms with Crippen molar-refractivity contribution in [2.24, 2.45) is 0 Å². The molecular formula is C20H25N2O. The van der Waals surface area contributed by atoms with Crippen molar-refractivity contribution in [1.29, 1.82) is 0 Å². The topological polar surface area (TPSA) is 25.4 Å². The number of aromatic nitrogens is 1. The number of hydrogen-bond donors (Lipinski definition) is 0. The second kappa shape index (κ2) is 7.14. The fourth-order valence-corrected chi connectivity index (χ4v) is 3.10. The third kappa shape index (κ3) is 3.91. The number of pyridine rings is 1. The van der Waals surface area contributed by atoms with Crippen molar-refractivity contribution >= 4 is 0 Å². The Morgan fingerprint density at radius 2 is 2.00 bits per heavy atom. The Bertz CT molecular complexity index is 631. The zero-order valence-electron chi connectivity index (χ0n) is 14.2. The van der Waals surface area contributed by atoms with E-state index in [2.05, 4.69) is 55.2 Å². The van der Waals surface area contributed by atoms with Gasteiger partial charge in [0.05, 0.1) is 11.9 Å². The number of nitrogens with zero attached hydrogens (tertiary/aromatic N) is 2. The quantitative estimate of drug-likeness (QED) is 0.848. The average molecular weight is 309 g/mol. The van der Waals surface area contributed by atoms with E-state index in [1.54, 1.807) is 0 Å². The Hall–Kier alpha value is -1.87. The molecular weight excluding hydrogens is 284 g/mol. The number of piperidine rings is 1. The fourth-order valence-electron chi connectivity index (χ4n) is 3.10. The van der Waals surface area contributed by atoms with Crippen molar-refractivity contribution in [1.82, 2.24) is 9.88 Å². The monoisotopic (exact) mass is 309 g/mol. The second-order valence-corrected chi connectivity index (χ2v) is 6.68. The first-order valence-corrected chi connectivity index (χ1v) is 8.46. The van der Waals surface area contributed by atoms with E-state index >= 15 is 0 Å². The predicted octanol–water partition coefficient (Wildman–Crippen LogP) is 4.15. The lowest BCUT2D eigenvalue weighted by molar-refractivity contribution is 0.114. The van der Waals surface area contributed by atoms with Crippen LogP contribution in [0.3, 0.4) is 0 Å². The summed E-state index contributed by atoms with van der Waals surface area (Å²) in [6.45, 7) is 6.66. The number of likely N-dealkylation sites (tertiary alicyclic amines) is 1. The van der Waals surface area contributed by atoms with Crippen LogP contribution in [0.2, 0.25) is 0 Å². The molecule has 0 amide bonds. The molecule has 0 N–H and O–H groups in total. The summed E-state index contributed by atoms with van der Waals surface area (Å²) in [5.74, 6) is 1.40. The Morgan fingerprint density at radius 3 is 2.65 bits per heavy atom. The van der Waals surface area contributed by atoms with Gasteiger partial charge in [-0.2, -0.15) is 0 Å². The summed E-state index contributed by atoms with van der Waals surface area (Å²) in [6.07, 6.45) is 5.46. The van der Waals surface area contributed by atoms with E-state index in [-0.39, 0.29) is 0 Å². The molecule has 1 saturated heterocycles. The zero-order valence-corrected chi connectivity index (χ0v) is 14.2. The Morgan fingerprint density at radius 1 is 1.22 bits per heavy atom. The van der Waals surface area contributed by atoms with Crippen LogP contribution in [0.15, 0.2) is 36.4 Å². The van der Waals surface area contributed by atoms with Crippen molar-refractivity contribution < 1.29 is 4.74 Å². The lowest BCUT2D eigenvalue weighted by atomic mass is 9.94. The molecule has 1 aromatic heterocycles. The zero-order chi connectivity index (χ0) is 16.2. The molecule has 3 rings (SSSR count). The molecule has 2 heterocycles. The molecule has 1 fully saturated rings. The van der Waals surface area contributed by atoms with Crippen LogP contribution in [0.5, 0.6) is 5.75 Å². The summed E-state index contributed by atoms with van der Waals surface area (Å²) in [5.41, 5.74) is 3.43. The highest BCUT2D eigenvalue weighted by atomic mass is 16.5. The highest BCUT2D eigenvalue weighted by Gasteiger charge is 2.19. The van der Waals surface area contributed by atoms with Gasteiger partial charge < -0.3 is 9.64 Å². The van der Waals surface area contributed by atoms with Crippen molar-refractivity contribution in [3.05, 3.63) is 48.2 Å². The number of benzene rings is 1. The summed E-state index contributed by atoms with van der Waals surface area (Å²) in [7, 11) is 2.17. The molecule has 0 unspecified atom stereocenters. The molecule has 2 aromatic rings. The van der Waals surface area contributed by atoms with Gasteiger partial charge in [-0.3, -0.25) is 0 Å². The van der Waals surface area contributed by atoms with Crippen LogP contribution in [0.4, 0.5) is 0 Å². The van der Waals surface area contributed by atoms with Crippen LogP contribution in [0.1, 0.15) is 38.2 Å². The minimum absolute atomic E-state index is 0.334. The van der Waals surface area contributed by atoms with E-state index in [1.807, 2.05) is 18.2 Å². The van der Waals surface area contributed by atoms with E-state index in [4.69, 9.17) is 4.74 Å². The Balaban J connectivity index is 1.82.